The van der Waals surface area contributed by atoms with Crippen molar-refractivity contribution >= 4 is 5.91 Å². The normalized spacial score (nSPS) is 10.7. The Morgan fingerprint density at radius 1 is 1.04 bits per heavy atom. The summed E-state index contributed by atoms with van der Waals surface area (Å²) in [7, 11) is 1.74. The molecule has 0 N–H and O–H groups in total. The van der Waals surface area contributed by atoms with Gasteiger partial charge in [-0.1, -0.05) is 52.7 Å². The molecule has 0 aliphatic rings. The molecule has 0 unspecified atom stereocenters. The minimum atomic E-state index is -0.0590. The second-order valence-electron chi connectivity index (χ2n) is 6.36. The van der Waals surface area contributed by atoms with Crippen LogP contribution in [0.3, 0.4) is 0 Å². The molecular weight excluding hydrogens is 314 g/mol. The maximum absolute atomic E-state index is 12.7. The Morgan fingerprint density at radius 2 is 1.72 bits per heavy atom. The van der Waals surface area contributed by atoms with Gasteiger partial charge < -0.3 is 9.42 Å². The molecule has 1 heterocycles. The molecule has 25 heavy (non-hydrogen) atoms. The lowest BCUT2D eigenvalue weighted by atomic mass is 10.0. The maximum Gasteiger partial charge on any atom is 0.254 e. The van der Waals surface area contributed by atoms with E-state index in [-0.39, 0.29) is 12.5 Å². The van der Waals surface area contributed by atoms with Crippen molar-refractivity contribution in [3.63, 3.8) is 0 Å². The van der Waals surface area contributed by atoms with E-state index in [1.807, 2.05) is 63.2 Å². The molecule has 128 valence electrons. The Hall–Kier alpha value is -2.95. The number of amides is 1. The first-order valence-electron chi connectivity index (χ1n) is 8.16. The van der Waals surface area contributed by atoms with E-state index in [1.165, 1.54) is 5.56 Å². The number of rotatable bonds is 4. The molecule has 5 heteroatoms. The Bertz CT molecular complexity index is 898. The summed E-state index contributed by atoms with van der Waals surface area (Å²) in [5.41, 5.74) is 4.77. The van der Waals surface area contributed by atoms with E-state index < -0.39 is 0 Å². The molecule has 0 fully saturated rings. The van der Waals surface area contributed by atoms with Gasteiger partial charge in [-0.2, -0.15) is 4.98 Å². The molecule has 0 saturated heterocycles. The lowest BCUT2D eigenvalue weighted by Gasteiger charge is -2.16. The van der Waals surface area contributed by atoms with Crippen LogP contribution in [0.4, 0.5) is 0 Å². The van der Waals surface area contributed by atoms with Crippen LogP contribution in [0.2, 0.25) is 0 Å². The molecule has 5 nitrogen and oxygen atoms in total. The summed E-state index contributed by atoms with van der Waals surface area (Å²) < 4.78 is 5.30. The fraction of sp³-hybridized carbons (Fsp3) is 0.250. The number of hydrogen-bond acceptors (Lipinski definition) is 4. The minimum absolute atomic E-state index is 0.0590. The molecule has 0 spiro atoms. The molecular formula is C20H21N3O2. The number of aryl methyl sites for hydroxylation is 3. The van der Waals surface area contributed by atoms with Gasteiger partial charge in [0, 0.05) is 18.2 Å². The highest BCUT2D eigenvalue weighted by Crippen LogP contribution is 2.18. The summed E-state index contributed by atoms with van der Waals surface area (Å²) in [4.78, 5) is 18.7. The molecule has 3 rings (SSSR count). The highest BCUT2D eigenvalue weighted by Gasteiger charge is 2.17. The van der Waals surface area contributed by atoms with E-state index >= 15 is 0 Å². The van der Waals surface area contributed by atoms with Gasteiger partial charge in [0.1, 0.15) is 0 Å². The van der Waals surface area contributed by atoms with Gasteiger partial charge >= 0.3 is 0 Å². The summed E-state index contributed by atoms with van der Waals surface area (Å²) in [6, 6.07) is 13.8. The summed E-state index contributed by atoms with van der Waals surface area (Å²) in [6.07, 6.45) is 0. The first-order valence-corrected chi connectivity index (χ1v) is 8.16. The molecule has 0 radical (unpaired) electrons. The highest BCUT2D eigenvalue weighted by atomic mass is 16.5. The molecule has 0 aliphatic heterocycles. The van der Waals surface area contributed by atoms with Crippen LogP contribution in [-0.2, 0) is 6.54 Å². The van der Waals surface area contributed by atoms with Crippen molar-refractivity contribution < 1.29 is 9.32 Å². The molecule has 0 aliphatic carbocycles. The summed E-state index contributed by atoms with van der Waals surface area (Å²) in [5.74, 6) is 0.885. The zero-order valence-electron chi connectivity index (χ0n) is 14.9. The largest absolute Gasteiger partial charge is 0.337 e. The van der Waals surface area contributed by atoms with Gasteiger partial charge in [-0.15, -0.1) is 0 Å². The van der Waals surface area contributed by atoms with Crippen molar-refractivity contribution in [1.29, 1.82) is 0 Å². The van der Waals surface area contributed by atoms with E-state index in [0.29, 0.717) is 17.3 Å². The third-order valence-electron chi connectivity index (χ3n) is 4.12. The van der Waals surface area contributed by atoms with Crippen molar-refractivity contribution in [2.45, 2.75) is 27.3 Å². The number of carbonyl (C=O) groups is 1. The van der Waals surface area contributed by atoms with Crippen LogP contribution in [-0.4, -0.2) is 28.0 Å². The summed E-state index contributed by atoms with van der Waals surface area (Å²) in [5, 5.41) is 4.01. The smallest absolute Gasteiger partial charge is 0.254 e. The van der Waals surface area contributed by atoms with Gasteiger partial charge in [0.05, 0.1) is 6.54 Å². The number of benzene rings is 2. The van der Waals surface area contributed by atoms with E-state index in [9.17, 15) is 4.79 Å². The van der Waals surface area contributed by atoms with Gasteiger partial charge in [-0.3, -0.25) is 4.79 Å². The average molecular weight is 335 g/mol. The van der Waals surface area contributed by atoms with Crippen molar-refractivity contribution in [3.05, 3.63) is 70.6 Å². The third-order valence-corrected chi connectivity index (χ3v) is 4.12. The lowest BCUT2D eigenvalue weighted by molar-refractivity contribution is 0.0768. The zero-order chi connectivity index (χ0) is 18.0. The Kier molecular flexibility index (Phi) is 4.65. The van der Waals surface area contributed by atoms with Gasteiger partial charge in [0.15, 0.2) is 0 Å². The molecule has 2 aromatic carbocycles. The number of aromatic nitrogens is 2. The lowest BCUT2D eigenvalue weighted by Crippen LogP contribution is -2.27. The van der Waals surface area contributed by atoms with Crippen LogP contribution in [0.15, 0.2) is 47.0 Å². The van der Waals surface area contributed by atoms with Crippen molar-refractivity contribution in [2.75, 3.05) is 7.05 Å². The Morgan fingerprint density at radius 3 is 2.44 bits per heavy atom. The van der Waals surface area contributed by atoms with Gasteiger partial charge in [-0.05, 0) is 32.4 Å². The van der Waals surface area contributed by atoms with Crippen LogP contribution in [0, 0.1) is 20.8 Å². The number of carbonyl (C=O) groups excluding carboxylic acids is 1. The molecule has 1 amide bonds. The molecule has 3 aromatic rings. The number of hydrogen-bond donors (Lipinski definition) is 0. The topological polar surface area (TPSA) is 59.2 Å². The van der Waals surface area contributed by atoms with E-state index in [0.717, 1.165) is 16.7 Å². The Labute approximate surface area is 147 Å². The zero-order valence-corrected chi connectivity index (χ0v) is 14.9. The predicted molar refractivity (Wildman–Crippen MR) is 96.2 cm³/mol. The number of nitrogens with zero attached hydrogens (tertiary/aromatic N) is 3. The summed E-state index contributed by atoms with van der Waals surface area (Å²) >= 11 is 0. The highest BCUT2D eigenvalue weighted by molar-refractivity contribution is 5.95. The SMILES string of the molecule is Cc1ccc(-c2noc(CN(C)C(=O)c3cc(C)ccc3C)n2)cc1. The monoisotopic (exact) mass is 335 g/mol. The second-order valence-corrected chi connectivity index (χ2v) is 6.36. The van der Waals surface area contributed by atoms with E-state index in [1.54, 1.807) is 11.9 Å². The van der Waals surface area contributed by atoms with E-state index in [4.69, 9.17) is 4.52 Å². The minimum Gasteiger partial charge on any atom is -0.337 e. The average Bonchev–Trinajstić information content (AvgIpc) is 3.05. The molecule has 1 aromatic heterocycles. The quantitative estimate of drug-likeness (QED) is 0.725. The first kappa shape index (κ1) is 16.9. The first-order chi connectivity index (χ1) is 11.9. The van der Waals surface area contributed by atoms with Crippen molar-refractivity contribution in [3.8, 4) is 11.4 Å². The second kappa shape index (κ2) is 6.89. The van der Waals surface area contributed by atoms with Crippen LogP contribution in [0.1, 0.15) is 32.9 Å². The van der Waals surface area contributed by atoms with Crippen LogP contribution < -0.4 is 0 Å². The third kappa shape index (κ3) is 3.76. The maximum atomic E-state index is 12.7. The summed E-state index contributed by atoms with van der Waals surface area (Å²) in [6.45, 7) is 6.20. The van der Waals surface area contributed by atoms with Crippen LogP contribution in [0.5, 0.6) is 0 Å². The van der Waals surface area contributed by atoms with E-state index in [2.05, 4.69) is 10.1 Å². The van der Waals surface area contributed by atoms with Crippen molar-refractivity contribution in [1.82, 2.24) is 15.0 Å². The van der Waals surface area contributed by atoms with Gasteiger partial charge in [0.2, 0.25) is 11.7 Å². The fourth-order valence-corrected chi connectivity index (χ4v) is 2.59. The van der Waals surface area contributed by atoms with Crippen molar-refractivity contribution in [2.24, 2.45) is 0 Å². The van der Waals surface area contributed by atoms with Gasteiger partial charge in [0.25, 0.3) is 5.91 Å². The van der Waals surface area contributed by atoms with Gasteiger partial charge in [-0.25, -0.2) is 0 Å². The molecule has 0 bridgehead atoms. The molecule has 0 saturated carbocycles. The van der Waals surface area contributed by atoms with Crippen LogP contribution >= 0.6 is 0 Å². The Balaban J connectivity index is 1.75. The van der Waals surface area contributed by atoms with Crippen LogP contribution in [0.25, 0.3) is 11.4 Å². The standard InChI is InChI=1S/C20H21N3O2/c1-13-6-9-16(10-7-13)19-21-18(25-22-19)12-23(4)20(24)17-11-14(2)5-8-15(17)3/h5-11H,12H2,1-4H3. The predicted octanol–water partition coefficient (Wildman–Crippen LogP) is 3.93. The molecule has 0 atom stereocenters. The fourth-order valence-electron chi connectivity index (χ4n) is 2.59.